The van der Waals surface area contributed by atoms with Crippen LogP contribution in [-0.2, 0) is 6.42 Å². The Hall–Kier alpha value is -6.53. The number of hydrogen-bond acceptors (Lipinski definition) is 5. The maximum atomic E-state index is 6.47. The van der Waals surface area contributed by atoms with Crippen LogP contribution in [-0.4, -0.2) is 12.0 Å². The third-order valence-corrected chi connectivity index (χ3v) is 10.3. The summed E-state index contributed by atoms with van der Waals surface area (Å²) in [5, 5.41) is 0. The molecule has 5 nitrogen and oxygen atoms in total. The number of nitrogens with zero attached hydrogens (tertiary/aromatic N) is 3. The lowest BCUT2D eigenvalue weighted by Gasteiger charge is -2.33. The summed E-state index contributed by atoms with van der Waals surface area (Å²) in [7, 11) is -0.175. The highest BCUT2D eigenvalue weighted by Crippen LogP contribution is 2.48. The number of fused-ring (bicyclic) bond motifs is 11. The van der Waals surface area contributed by atoms with Gasteiger partial charge in [-0.25, -0.2) is 4.98 Å². The van der Waals surface area contributed by atoms with Gasteiger partial charge >= 0.3 is 7.05 Å². The summed E-state index contributed by atoms with van der Waals surface area (Å²) in [5.74, 6) is 1.52. The molecule has 0 saturated carbocycles. The van der Waals surface area contributed by atoms with E-state index >= 15 is 0 Å². The van der Waals surface area contributed by atoms with E-state index in [0.29, 0.717) is 5.89 Å². The zero-order valence-electron chi connectivity index (χ0n) is 27.0. The Bertz CT molecular complexity index is 2600. The summed E-state index contributed by atoms with van der Waals surface area (Å²) in [4.78, 5) is 9.55. The number of oxazole rings is 1. The van der Waals surface area contributed by atoms with Crippen molar-refractivity contribution in [3.63, 3.8) is 0 Å². The molecule has 3 aliphatic heterocycles. The van der Waals surface area contributed by atoms with Crippen molar-refractivity contribution in [1.29, 1.82) is 0 Å². The molecule has 0 N–H and O–H groups in total. The molecule has 0 radical (unpaired) electrons. The lowest BCUT2D eigenvalue weighted by atomic mass is 9.64. The molecule has 0 amide bonds. The van der Waals surface area contributed by atoms with Crippen LogP contribution in [0.2, 0.25) is 0 Å². The smallest absolute Gasteiger partial charge is 0.524 e. The molecule has 50 heavy (non-hydrogen) atoms. The molecule has 0 saturated heterocycles. The maximum absolute atomic E-state index is 6.47. The van der Waals surface area contributed by atoms with E-state index in [-0.39, 0.29) is 7.05 Å². The Morgan fingerprint density at radius 1 is 0.540 bits per heavy atom. The largest absolute Gasteiger partial charge is 0.536 e. The predicted molar refractivity (Wildman–Crippen MR) is 202 cm³/mol. The molecule has 234 valence electrons. The number of rotatable bonds is 3. The highest BCUT2D eigenvalue weighted by molar-refractivity contribution is 6.77. The minimum absolute atomic E-state index is 0.175. The quantitative estimate of drug-likeness (QED) is 0.180. The Labute approximate surface area is 289 Å². The molecule has 1 aromatic heterocycles. The molecule has 8 aromatic rings. The van der Waals surface area contributed by atoms with Gasteiger partial charge in [0, 0.05) is 40.3 Å². The van der Waals surface area contributed by atoms with Crippen LogP contribution in [0.3, 0.4) is 0 Å². The van der Waals surface area contributed by atoms with E-state index in [1.165, 1.54) is 39.1 Å². The van der Waals surface area contributed by atoms with Crippen molar-refractivity contribution in [2.45, 2.75) is 6.42 Å². The zero-order chi connectivity index (χ0) is 32.8. The van der Waals surface area contributed by atoms with E-state index in [1.54, 1.807) is 0 Å². The minimum Gasteiger partial charge on any atom is -0.536 e. The van der Waals surface area contributed by atoms with Gasteiger partial charge in [-0.1, -0.05) is 84.9 Å². The van der Waals surface area contributed by atoms with Crippen molar-refractivity contribution < 1.29 is 9.07 Å². The molecule has 4 heterocycles. The molecule has 0 spiro atoms. The van der Waals surface area contributed by atoms with Gasteiger partial charge in [-0.3, -0.25) is 0 Å². The van der Waals surface area contributed by atoms with Crippen molar-refractivity contribution >= 4 is 52.0 Å². The normalized spacial score (nSPS) is 13.6. The van der Waals surface area contributed by atoms with Crippen LogP contribution in [0.5, 0.6) is 5.75 Å². The van der Waals surface area contributed by atoms with Gasteiger partial charge in [0.15, 0.2) is 5.58 Å². The average Bonchev–Trinajstić information content (AvgIpc) is 3.79. The average molecular weight is 642 g/mol. The maximum Gasteiger partial charge on any atom is 0.524 e. The summed E-state index contributed by atoms with van der Waals surface area (Å²) in [6.07, 6.45) is 0.937. The van der Waals surface area contributed by atoms with E-state index in [0.717, 1.165) is 57.0 Å². The Kier molecular flexibility index (Phi) is 5.75. The first-order valence-electron chi connectivity index (χ1n) is 17.0. The summed E-state index contributed by atoms with van der Waals surface area (Å²) in [5.41, 5.74) is 16.7. The molecule has 0 bridgehead atoms. The summed E-state index contributed by atoms with van der Waals surface area (Å²) in [6.45, 7) is 0. The molecule has 0 aliphatic carbocycles. The first kappa shape index (κ1) is 27.4. The van der Waals surface area contributed by atoms with Gasteiger partial charge in [0.05, 0.1) is 5.69 Å². The lowest BCUT2D eigenvalue weighted by Crippen LogP contribution is -2.50. The van der Waals surface area contributed by atoms with Crippen LogP contribution in [0.4, 0.5) is 28.4 Å². The minimum atomic E-state index is -0.175. The van der Waals surface area contributed by atoms with Gasteiger partial charge in [0.2, 0.25) is 5.89 Å². The van der Waals surface area contributed by atoms with Crippen molar-refractivity contribution in [2.75, 3.05) is 9.71 Å². The van der Waals surface area contributed by atoms with E-state index in [1.807, 2.05) is 12.1 Å². The molecular formula is C44H28BN3O2. The topological polar surface area (TPSA) is 41.7 Å². The number of hydrogen-bond donors (Lipinski definition) is 0. The summed E-state index contributed by atoms with van der Waals surface area (Å²) in [6, 6.07) is 55.7. The van der Waals surface area contributed by atoms with Crippen LogP contribution in [0.1, 0.15) is 11.1 Å². The second-order valence-corrected chi connectivity index (χ2v) is 13.1. The fraction of sp³-hybridized carbons (Fsp3) is 0.0227. The number of para-hydroxylation sites is 4. The van der Waals surface area contributed by atoms with Gasteiger partial charge < -0.3 is 18.8 Å². The fourth-order valence-corrected chi connectivity index (χ4v) is 7.96. The van der Waals surface area contributed by atoms with Crippen LogP contribution in [0.15, 0.2) is 162 Å². The molecule has 0 unspecified atom stereocenters. The van der Waals surface area contributed by atoms with Gasteiger partial charge in [0.25, 0.3) is 0 Å². The lowest BCUT2D eigenvalue weighted by molar-refractivity contribution is 0.603. The summed E-state index contributed by atoms with van der Waals surface area (Å²) < 4.78 is 12.9. The van der Waals surface area contributed by atoms with Crippen LogP contribution >= 0.6 is 0 Å². The monoisotopic (exact) mass is 641 g/mol. The first-order valence-corrected chi connectivity index (χ1v) is 17.0. The van der Waals surface area contributed by atoms with E-state index in [9.17, 15) is 0 Å². The zero-order valence-corrected chi connectivity index (χ0v) is 27.0. The second-order valence-electron chi connectivity index (χ2n) is 13.1. The highest BCUT2D eigenvalue weighted by Gasteiger charge is 2.44. The standard InChI is InChI=1S/C44H28BN3O2/c1-5-13-38-31(9-1)25-32-10-2-6-14-39(32)47(38)33-21-17-28(18-22-33)44-46-37-23-19-30(27-43(37)49-44)29-20-24-40-35(26-29)34-11-3-4-12-36(34)45-48(40)41-15-7-8-16-42(41)50-45/h1-24,26-27H,25H2. The Morgan fingerprint density at radius 3 is 2.02 bits per heavy atom. The van der Waals surface area contributed by atoms with Crippen molar-refractivity contribution in [3.05, 3.63) is 169 Å². The van der Waals surface area contributed by atoms with Gasteiger partial charge in [0.1, 0.15) is 11.3 Å². The van der Waals surface area contributed by atoms with Crippen LogP contribution in [0.25, 0.3) is 44.8 Å². The highest BCUT2D eigenvalue weighted by atomic mass is 16.5. The fourth-order valence-electron chi connectivity index (χ4n) is 7.96. The molecular weight excluding hydrogens is 613 g/mol. The molecule has 7 aromatic carbocycles. The SMILES string of the molecule is c1ccc2c(c1)Cc1ccccc1N2c1ccc(-c2nc3ccc(-c4ccc5c(c4)-c4ccccc4B4Oc6ccccc6N45)cc3o2)cc1. The summed E-state index contributed by atoms with van der Waals surface area (Å²) >= 11 is 0. The van der Waals surface area contributed by atoms with Crippen molar-refractivity contribution in [3.8, 4) is 39.5 Å². The molecule has 3 aliphatic rings. The van der Waals surface area contributed by atoms with E-state index in [2.05, 4.69) is 155 Å². The Balaban J connectivity index is 0.941. The predicted octanol–water partition coefficient (Wildman–Crippen LogP) is 10.4. The van der Waals surface area contributed by atoms with E-state index in [4.69, 9.17) is 14.1 Å². The third kappa shape index (κ3) is 4.05. The molecule has 0 fully saturated rings. The Morgan fingerprint density at radius 2 is 1.20 bits per heavy atom. The second kappa shape index (κ2) is 10.5. The molecule has 11 rings (SSSR count). The number of aromatic nitrogens is 1. The van der Waals surface area contributed by atoms with Crippen LogP contribution in [0, 0.1) is 0 Å². The van der Waals surface area contributed by atoms with Crippen LogP contribution < -0.4 is 19.8 Å². The van der Waals surface area contributed by atoms with Gasteiger partial charge in [-0.15, -0.1) is 0 Å². The number of anilines is 5. The van der Waals surface area contributed by atoms with Crippen molar-refractivity contribution in [1.82, 2.24) is 4.98 Å². The first-order chi connectivity index (χ1) is 24.8. The third-order valence-electron chi connectivity index (χ3n) is 10.3. The number of benzene rings is 7. The van der Waals surface area contributed by atoms with Gasteiger partial charge in [-0.2, -0.15) is 0 Å². The van der Waals surface area contributed by atoms with E-state index < -0.39 is 0 Å². The molecule has 6 heteroatoms. The van der Waals surface area contributed by atoms with Gasteiger partial charge in [-0.05, 0) is 106 Å². The van der Waals surface area contributed by atoms with Crippen molar-refractivity contribution in [2.24, 2.45) is 0 Å². The molecule has 0 atom stereocenters.